The minimum absolute atomic E-state index is 0.0409. The van der Waals surface area contributed by atoms with E-state index in [-0.39, 0.29) is 20.6 Å². The average Bonchev–Trinajstić information content (AvgIpc) is 2.81. The van der Waals surface area contributed by atoms with E-state index in [0.29, 0.717) is 11.3 Å². The quantitative estimate of drug-likeness (QED) is 0.692. The number of methoxy groups -OCH3 is 2. The molecule has 8 nitrogen and oxygen atoms in total. The van der Waals surface area contributed by atoms with Gasteiger partial charge in [-0.1, -0.05) is 0 Å². The molecule has 0 atom stereocenters. The van der Waals surface area contributed by atoms with Crippen LogP contribution < -0.4 is 5.14 Å². The third kappa shape index (κ3) is 3.80. The Kier molecular flexibility index (Phi) is 5.53. The molecule has 0 saturated carbocycles. The summed E-state index contributed by atoms with van der Waals surface area (Å²) in [4.78, 5) is -0.311. The van der Waals surface area contributed by atoms with Crippen LogP contribution in [-0.2, 0) is 40.0 Å². The Labute approximate surface area is 127 Å². The normalized spacial score (nSPS) is 13.6. The smallest absolute Gasteiger partial charge is 0.322 e. The van der Waals surface area contributed by atoms with Crippen LogP contribution in [0.4, 0.5) is 0 Å². The Balaban J connectivity index is 3.71. The average molecular weight is 359 g/mol. The van der Waals surface area contributed by atoms with Crippen LogP contribution in [0.25, 0.3) is 0 Å². The van der Waals surface area contributed by atoms with Crippen molar-refractivity contribution < 1.29 is 31.0 Å². The molecular formula is C10H17NO7S3. The third-order valence-corrected chi connectivity index (χ3v) is 6.37. The summed E-state index contributed by atoms with van der Waals surface area (Å²) in [6.07, 6.45) is 0.938. The molecule has 1 heterocycles. The van der Waals surface area contributed by atoms with Gasteiger partial charge in [-0.05, 0) is 13.0 Å². The molecule has 0 aliphatic heterocycles. The number of hydrogen-bond donors (Lipinski definition) is 1. The highest BCUT2D eigenvalue weighted by atomic mass is 32.2. The van der Waals surface area contributed by atoms with Crippen molar-refractivity contribution in [2.24, 2.45) is 5.14 Å². The van der Waals surface area contributed by atoms with E-state index in [2.05, 4.69) is 0 Å². The standard InChI is InChI=1S/C10H17NO7S3/c1-5-18-10(16-2,17-3)9-7(20(4,12)13)6-8(19-9)21(11,14)15/h6H,5H2,1-4H3,(H2,11,14,15). The van der Waals surface area contributed by atoms with Crippen LogP contribution in [0.5, 0.6) is 0 Å². The molecule has 1 aromatic heterocycles. The van der Waals surface area contributed by atoms with Gasteiger partial charge >= 0.3 is 5.97 Å². The van der Waals surface area contributed by atoms with Gasteiger partial charge in [-0.15, -0.1) is 11.3 Å². The van der Waals surface area contributed by atoms with Gasteiger partial charge in [0.2, 0.25) is 10.0 Å². The summed E-state index contributed by atoms with van der Waals surface area (Å²) in [6, 6.07) is 0.969. The molecule has 2 N–H and O–H groups in total. The summed E-state index contributed by atoms with van der Waals surface area (Å²) in [5.74, 6) is -1.82. The maximum Gasteiger partial charge on any atom is 0.322 e. The molecule has 0 aliphatic rings. The van der Waals surface area contributed by atoms with Crippen LogP contribution in [0.1, 0.15) is 11.8 Å². The lowest BCUT2D eigenvalue weighted by atomic mass is 10.4. The SMILES string of the molecule is CCOC(OC)(OC)c1sc(S(N)(=O)=O)cc1S(C)(=O)=O. The molecule has 122 valence electrons. The summed E-state index contributed by atoms with van der Waals surface area (Å²) in [7, 11) is -5.31. The highest BCUT2D eigenvalue weighted by molar-refractivity contribution is 7.92. The summed E-state index contributed by atoms with van der Waals surface area (Å²) in [6.45, 7) is 1.80. The molecule has 0 amide bonds. The molecule has 11 heteroatoms. The van der Waals surface area contributed by atoms with E-state index in [4.69, 9.17) is 19.3 Å². The second-order valence-electron chi connectivity index (χ2n) is 3.97. The zero-order valence-corrected chi connectivity index (χ0v) is 14.4. The monoisotopic (exact) mass is 359 g/mol. The van der Waals surface area contributed by atoms with Gasteiger partial charge < -0.3 is 14.2 Å². The van der Waals surface area contributed by atoms with Crippen LogP contribution in [0.3, 0.4) is 0 Å². The third-order valence-electron chi connectivity index (χ3n) is 2.51. The van der Waals surface area contributed by atoms with E-state index in [1.165, 1.54) is 14.2 Å². The lowest BCUT2D eigenvalue weighted by molar-refractivity contribution is -0.372. The first-order valence-corrected chi connectivity index (χ1v) is 9.88. The molecule has 1 rings (SSSR count). The van der Waals surface area contributed by atoms with Crippen molar-refractivity contribution >= 4 is 31.2 Å². The predicted octanol–water partition coefficient (Wildman–Crippen LogP) is 0.239. The summed E-state index contributed by atoms with van der Waals surface area (Å²) >= 11 is 0.622. The van der Waals surface area contributed by atoms with Crippen LogP contribution in [-0.4, -0.2) is 43.9 Å². The lowest BCUT2D eigenvalue weighted by Gasteiger charge is -2.29. The van der Waals surface area contributed by atoms with E-state index < -0.39 is 25.8 Å². The minimum atomic E-state index is -4.07. The van der Waals surface area contributed by atoms with Crippen LogP contribution in [0.2, 0.25) is 0 Å². The molecule has 1 aromatic rings. The van der Waals surface area contributed by atoms with Gasteiger partial charge in [0.05, 0.1) is 11.5 Å². The van der Waals surface area contributed by atoms with Crippen molar-refractivity contribution in [2.45, 2.75) is 22.0 Å². The lowest BCUT2D eigenvalue weighted by Crippen LogP contribution is -2.34. The van der Waals surface area contributed by atoms with E-state index in [9.17, 15) is 16.8 Å². The number of primary sulfonamides is 1. The number of ether oxygens (including phenoxy) is 3. The van der Waals surface area contributed by atoms with E-state index in [0.717, 1.165) is 12.3 Å². The Bertz CT molecular complexity index is 701. The predicted molar refractivity (Wildman–Crippen MR) is 76.1 cm³/mol. The van der Waals surface area contributed by atoms with Crippen molar-refractivity contribution in [2.75, 3.05) is 27.1 Å². The molecule has 21 heavy (non-hydrogen) atoms. The highest BCUT2D eigenvalue weighted by Gasteiger charge is 2.41. The maximum atomic E-state index is 11.9. The zero-order chi connectivity index (χ0) is 16.5. The van der Waals surface area contributed by atoms with E-state index in [1.807, 2.05) is 0 Å². The number of thiophene rings is 1. The van der Waals surface area contributed by atoms with Crippen molar-refractivity contribution in [3.05, 3.63) is 10.9 Å². The van der Waals surface area contributed by atoms with Gasteiger partial charge in [-0.2, -0.15) is 0 Å². The number of hydrogen-bond acceptors (Lipinski definition) is 8. The fraction of sp³-hybridized carbons (Fsp3) is 0.600. The van der Waals surface area contributed by atoms with Crippen molar-refractivity contribution in [3.8, 4) is 0 Å². The Hall–Kier alpha value is -0.560. The molecule has 0 radical (unpaired) electrons. The summed E-state index contributed by atoms with van der Waals surface area (Å²) < 4.78 is 62.0. The fourth-order valence-electron chi connectivity index (χ4n) is 1.62. The maximum absolute atomic E-state index is 11.9. The molecule has 0 bridgehead atoms. The zero-order valence-electron chi connectivity index (χ0n) is 11.9. The summed E-state index contributed by atoms with van der Waals surface area (Å²) in [5.41, 5.74) is 0. The largest absolute Gasteiger partial charge is 0.326 e. The second kappa shape index (κ2) is 6.28. The summed E-state index contributed by atoms with van der Waals surface area (Å²) in [5, 5.41) is 5.05. The van der Waals surface area contributed by atoms with E-state index in [1.54, 1.807) is 6.92 Å². The second-order valence-corrected chi connectivity index (χ2v) is 8.80. The molecular weight excluding hydrogens is 342 g/mol. The first-order valence-electron chi connectivity index (χ1n) is 5.63. The van der Waals surface area contributed by atoms with Gasteiger partial charge in [0.25, 0.3) is 0 Å². The molecule has 0 aliphatic carbocycles. The Morgan fingerprint density at radius 2 is 1.76 bits per heavy atom. The molecule has 0 spiro atoms. The number of nitrogens with two attached hydrogens (primary N) is 1. The first kappa shape index (κ1) is 18.5. The van der Waals surface area contributed by atoms with Crippen LogP contribution in [0, 0.1) is 0 Å². The van der Waals surface area contributed by atoms with Crippen molar-refractivity contribution in [1.29, 1.82) is 0 Å². The first-order chi connectivity index (χ1) is 9.51. The fourth-order valence-corrected chi connectivity index (χ4v) is 5.03. The topological polar surface area (TPSA) is 122 Å². The van der Waals surface area contributed by atoms with Gasteiger partial charge in [0, 0.05) is 20.5 Å². The van der Waals surface area contributed by atoms with Crippen LogP contribution >= 0.6 is 11.3 Å². The van der Waals surface area contributed by atoms with E-state index >= 15 is 0 Å². The highest BCUT2D eigenvalue weighted by Crippen LogP contribution is 2.40. The Morgan fingerprint density at radius 3 is 2.10 bits per heavy atom. The van der Waals surface area contributed by atoms with Crippen LogP contribution in [0.15, 0.2) is 15.2 Å². The van der Waals surface area contributed by atoms with Crippen molar-refractivity contribution in [1.82, 2.24) is 0 Å². The number of rotatable bonds is 7. The minimum Gasteiger partial charge on any atom is -0.326 e. The number of sulfone groups is 1. The van der Waals surface area contributed by atoms with Gasteiger partial charge in [-0.25, -0.2) is 22.0 Å². The molecule has 0 saturated heterocycles. The van der Waals surface area contributed by atoms with Gasteiger partial charge in [0.1, 0.15) is 9.09 Å². The molecule has 0 unspecified atom stereocenters. The Morgan fingerprint density at radius 1 is 1.24 bits per heavy atom. The van der Waals surface area contributed by atoms with Crippen molar-refractivity contribution in [3.63, 3.8) is 0 Å². The molecule has 0 aromatic carbocycles. The number of sulfonamides is 1. The van der Waals surface area contributed by atoms with Gasteiger partial charge in [0.15, 0.2) is 9.84 Å². The molecule has 0 fully saturated rings. The van der Waals surface area contributed by atoms with Gasteiger partial charge in [-0.3, -0.25) is 0 Å².